The van der Waals surface area contributed by atoms with Gasteiger partial charge < -0.3 is 0 Å². The van der Waals surface area contributed by atoms with Gasteiger partial charge in [0.2, 0.25) is 0 Å². The van der Waals surface area contributed by atoms with Crippen LogP contribution in [-0.2, 0) is 6.42 Å². The minimum absolute atomic E-state index is 0.0599. The number of carbonyl (C=O) groups is 1. The van der Waals surface area contributed by atoms with E-state index >= 15 is 0 Å². The first-order valence-electron chi connectivity index (χ1n) is 6.46. The Labute approximate surface area is 141 Å². The number of aromatic nitrogens is 1. The second kappa shape index (κ2) is 6.12. The molecular formula is C17H11ClINO. The standard InChI is InChI=1S/C17H11ClINO/c18-14-9-12(5-6-15(14)19)17(21)10-11-7-8-20-16-4-2-1-3-13(11)16/h1-9H,10H2. The van der Waals surface area contributed by atoms with Gasteiger partial charge in [-0.15, -0.1) is 0 Å². The molecule has 0 N–H and O–H groups in total. The van der Waals surface area contributed by atoms with Crippen LogP contribution in [0, 0.1) is 3.57 Å². The van der Waals surface area contributed by atoms with E-state index in [-0.39, 0.29) is 5.78 Å². The summed E-state index contributed by atoms with van der Waals surface area (Å²) in [5.74, 6) is 0.0599. The number of rotatable bonds is 3. The second-order valence-electron chi connectivity index (χ2n) is 4.72. The average molecular weight is 408 g/mol. The summed E-state index contributed by atoms with van der Waals surface area (Å²) < 4.78 is 0.945. The first-order valence-corrected chi connectivity index (χ1v) is 7.92. The van der Waals surface area contributed by atoms with Gasteiger partial charge in [-0.3, -0.25) is 9.78 Å². The maximum Gasteiger partial charge on any atom is 0.167 e. The summed E-state index contributed by atoms with van der Waals surface area (Å²) in [6.07, 6.45) is 2.09. The van der Waals surface area contributed by atoms with Crippen molar-refractivity contribution in [2.24, 2.45) is 0 Å². The van der Waals surface area contributed by atoms with Gasteiger partial charge in [0.15, 0.2) is 5.78 Å². The molecule has 0 aliphatic carbocycles. The van der Waals surface area contributed by atoms with E-state index < -0.39 is 0 Å². The summed E-state index contributed by atoms with van der Waals surface area (Å²) in [5.41, 5.74) is 2.53. The third-order valence-electron chi connectivity index (χ3n) is 3.33. The Morgan fingerprint density at radius 2 is 1.95 bits per heavy atom. The fraction of sp³-hybridized carbons (Fsp3) is 0.0588. The Morgan fingerprint density at radius 3 is 2.76 bits per heavy atom. The first-order chi connectivity index (χ1) is 10.1. The fourth-order valence-corrected chi connectivity index (χ4v) is 2.77. The lowest BCUT2D eigenvalue weighted by atomic mass is 10.0. The van der Waals surface area contributed by atoms with Crippen molar-refractivity contribution in [1.82, 2.24) is 4.98 Å². The Morgan fingerprint density at radius 1 is 1.14 bits per heavy atom. The van der Waals surface area contributed by atoms with Crippen LogP contribution in [0.2, 0.25) is 5.02 Å². The van der Waals surface area contributed by atoms with Crippen LogP contribution < -0.4 is 0 Å². The molecule has 21 heavy (non-hydrogen) atoms. The van der Waals surface area contributed by atoms with Crippen LogP contribution in [0.25, 0.3) is 10.9 Å². The highest BCUT2D eigenvalue weighted by Gasteiger charge is 2.11. The molecule has 0 aliphatic heterocycles. The molecule has 4 heteroatoms. The molecule has 0 saturated carbocycles. The average Bonchev–Trinajstić information content (AvgIpc) is 2.50. The Hall–Kier alpha value is -1.46. The van der Waals surface area contributed by atoms with E-state index in [1.807, 2.05) is 42.5 Å². The number of carbonyl (C=O) groups excluding carboxylic acids is 1. The zero-order chi connectivity index (χ0) is 14.8. The molecule has 0 spiro atoms. The monoisotopic (exact) mass is 407 g/mol. The molecule has 1 heterocycles. The van der Waals surface area contributed by atoms with Crippen LogP contribution in [0.5, 0.6) is 0 Å². The summed E-state index contributed by atoms with van der Waals surface area (Å²) >= 11 is 8.23. The molecule has 0 atom stereocenters. The summed E-state index contributed by atoms with van der Waals surface area (Å²) in [6, 6.07) is 15.2. The molecule has 0 fully saturated rings. The molecule has 3 rings (SSSR count). The van der Waals surface area contributed by atoms with Crippen LogP contribution >= 0.6 is 34.2 Å². The van der Waals surface area contributed by atoms with Gasteiger partial charge in [-0.2, -0.15) is 0 Å². The van der Waals surface area contributed by atoms with E-state index in [1.54, 1.807) is 12.3 Å². The van der Waals surface area contributed by atoms with Gasteiger partial charge >= 0.3 is 0 Å². The number of Topliss-reactive ketones (excluding diaryl/α,β-unsaturated/α-hetero) is 1. The van der Waals surface area contributed by atoms with Gasteiger partial charge in [0.25, 0.3) is 0 Å². The minimum atomic E-state index is 0.0599. The zero-order valence-electron chi connectivity index (χ0n) is 11.0. The third kappa shape index (κ3) is 3.09. The maximum absolute atomic E-state index is 12.4. The van der Waals surface area contributed by atoms with Crippen LogP contribution in [-0.4, -0.2) is 10.8 Å². The summed E-state index contributed by atoms with van der Waals surface area (Å²) in [7, 11) is 0. The van der Waals surface area contributed by atoms with Crippen molar-refractivity contribution in [3.05, 3.63) is 74.4 Å². The summed E-state index contributed by atoms with van der Waals surface area (Å²) in [5, 5.41) is 1.63. The molecule has 3 aromatic rings. The highest BCUT2D eigenvalue weighted by molar-refractivity contribution is 14.1. The van der Waals surface area contributed by atoms with Gasteiger partial charge in [-0.1, -0.05) is 35.9 Å². The van der Waals surface area contributed by atoms with Gasteiger partial charge in [0, 0.05) is 27.1 Å². The quantitative estimate of drug-likeness (QED) is 0.456. The Bertz CT molecular complexity index is 827. The predicted octanol–water partition coefficient (Wildman–Crippen LogP) is 4.92. The number of hydrogen-bond acceptors (Lipinski definition) is 2. The highest BCUT2D eigenvalue weighted by Crippen LogP contribution is 2.22. The number of pyridine rings is 1. The van der Waals surface area contributed by atoms with Gasteiger partial charge in [-0.25, -0.2) is 0 Å². The van der Waals surface area contributed by atoms with Crippen molar-refractivity contribution >= 4 is 50.9 Å². The number of hydrogen-bond donors (Lipinski definition) is 0. The molecular weight excluding hydrogens is 397 g/mol. The largest absolute Gasteiger partial charge is 0.294 e. The highest BCUT2D eigenvalue weighted by atomic mass is 127. The molecule has 104 valence electrons. The van der Waals surface area contributed by atoms with E-state index in [2.05, 4.69) is 27.6 Å². The molecule has 2 aromatic carbocycles. The van der Waals surface area contributed by atoms with E-state index in [1.165, 1.54) is 0 Å². The van der Waals surface area contributed by atoms with Crippen LogP contribution in [0.3, 0.4) is 0 Å². The van der Waals surface area contributed by atoms with E-state index in [0.717, 1.165) is 20.0 Å². The Kier molecular flexibility index (Phi) is 4.22. The molecule has 0 bridgehead atoms. The molecule has 0 amide bonds. The van der Waals surface area contributed by atoms with Crippen LogP contribution in [0.15, 0.2) is 54.7 Å². The minimum Gasteiger partial charge on any atom is -0.294 e. The predicted molar refractivity (Wildman–Crippen MR) is 93.9 cm³/mol. The van der Waals surface area contributed by atoms with Crippen molar-refractivity contribution in [2.45, 2.75) is 6.42 Å². The first kappa shape index (κ1) is 14.5. The van der Waals surface area contributed by atoms with E-state index in [0.29, 0.717) is 17.0 Å². The molecule has 1 aromatic heterocycles. The number of fused-ring (bicyclic) bond motifs is 1. The number of ketones is 1. The Balaban J connectivity index is 1.94. The summed E-state index contributed by atoms with van der Waals surface area (Å²) in [6.45, 7) is 0. The molecule has 0 aliphatic rings. The summed E-state index contributed by atoms with van der Waals surface area (Å²) in [4.78, 5) is 16.8. The number of nitrogens with zero attached hydrogens (tertiary/aromatic N) is 1. The van der Waals surface area contributed by atoms with Crippen molar-refractivity contribution in [1.29, 1.82) is 0 Å². The van der Waals surface area contributed by atoms with Gasteiger partial charge in [0.1, 0.15) is 0 Å². The normalized spacial score (nSPS) is 10.8. The van der Waals surface area contributed by atoms with Crippen LogP contribution in [0.4, 0.5) is 0 Å². The third-order valence-corrected chi connectivity index (χ3v) is 4.90. The van der Waals surface area contributed by atoms with E-state index in [4.69, 9.17) is 11.6 Å². The number of halogens is 2. The van der Waals surface area contributed by atoms with Crippen molar-refractivity contribution in [3.63, 3.8) is 0 Å². The lowest BCUT2D eigenvalue weighted by Crippen LogP contribution is -2.04. The lowest BCUT2D eigenvalue weighted by molar-refractivity contribution is 0.0993. The van der Waals surface area contributed by atoms with Gasteiger partial charge in [0.05, 0.1) is 10.5 Å². The van der Waals surface area contributed by atoms with E-state index in [9.17, 15) is 4.79 Å². The number of benzene rings is 2. The zero-order valence-corrected chi connectivity index (χ0v) is 13.9. The van der Waals surface area contributed by atoms with Gasteiger partial charge in [-0.05, 0) is 52.4 Å². The van der Waals surface area contributed by atoms with Crippen molar-refractivity contribution in [3.8, 4) is 0 Å². The smallest absolute Gasteiger partial charge is 0.167 e. The SMILES string of the molecule is O=C(Cc1ccnc2ccccc12)c1ccc(I)c(Cl)c1. The number of para-hydroxylation sites is 1. The van der Waals surface area contributed by atoms with Crippen molar-refractivity contribution < 1.29 is 4.79 Å². The molecule has 2 nitrogen and oxygen atoms in total. The lowest BCUT2D eigenvalue weighted by Gasteiger charge is -2.06. The molecule has 0 saturated heterocycles. The van der Waals surface area contributed by atoms with Crippen LogP contribution in [0.1, 0.15) is 15.9 Å². The second-order valence-corrected chi connectivity index (χ2v) is 6.29. The fourth-order valence-electron chi connectivity index (χ4n) is 2.25. The molecule has 0 radical (unpaired) electrons. The molecule has 0 unspecified atom stereocenters. The topological polar surface area (TPSA) is 30.0 Å². The van der Waals surface area contributed by atoms with Crippen molar-refractivity contribution in [2.75, 3.05) is 0 Å². The maximum atomic E-state index is 12.4.